The van der Waals surface area contributed by atoms with Crippen LogP contribution in [0.4, 0.5) is 0 Å². The molecule has 0 aliphatic carbocycles. The molecule has 0 aromatic heterocycles. The molecule has 2 aromatic carbocycles. The van der Waals surface area contributed by atoms with Crippen LogP contribution in [0.25, 0.3) is 0 Å². The predicted molar refractivity (Wildman–Crippen MR) is 87.7 cm³/mol. The molecule has 0 bridgehead atoms. The molecule has 0 atom stereocenters. The second-order valence-electron chi connectivity index (χ2n) is 5.94. The van der Waals surface area contributed by atoms with E-state index in [9.17, 15) is 4.79 Å². The Morgan fingerprint density at radius 1 is 1.00 bits per heavy atom. The molecule has 0 amide bonds. The van der Waals surface area contributed by atoms with Gasteiger partial charge in [0.15, 0.2) is 6.61 Å². The van der Waals surface area contributed by atoms with Crippen LogP contribution in [0.2, 0.25) is 5.02 Å². The first kappa shape index (κ1) is 16.4. The Balaban J connectivity index is 2.03. The zero-order chi connectivity index (χ0) is 16.2. The first-order chi connectivity index (χ1) is 10.4. The van der Waals surface area contributed by atoms with Gasteiger partial charge < -0.3 is 9.47 Å². The molecule has 0 fully saturated rings. The number of rotatable bonds is 4. The quantitative estimate of drug-likeness (QED) is 0.609. The second-order valence-corrected chi connectivity index (χ2v) is 6.35. The normalized spacial score (nSPS) is 11.1. The highest BCUT2D eigenvalue weighted by molar-refractivity contribution is 6.32. The first-order valence-corrected chi connectivity index (χ1v) is 7.43. The molecular formula is C18H19ClO3. The molecule has 0 radical (unpaired) electrons. The summed E-state index contributed by atoms with van der Waals surface area (Å²) in [5, 5.41) is 0.463. The van der Waals surface area contributed by atoms with Crippen molar-refractivity contribution < 1.29 is 14.3 Å². The van der Waals surface area contributed by atoms with Crippen LogP contribution in [-0.2, 0) is 10.2 Å². The minimum atomic E-state index is -0.461. The monoisotopic (exact) mass is 318 g/mol. The zero-order valence-electron chi connectivity index (χ0n) is 12.9. The Bertz CT molecular complexity index is 659. The fourth-order valence-electron chi connectivity index (χ4n) is 2.03. The summed E-state index contributed by atoms with van der Waals surface area (Å²) in [5.41, 5.74) is 0.863. The van der Waals surface area contributed by atoms with Crippen LogP contribution in [-0.4, -0.2) is 12.6 Å². The number of esters is 1. The van der Waals surface area contributed by atoms with E-state index in [1.54, 1.807) is 30.3 Å². The van der Waals surface area contributed by atoms with Crippen molar-refractivity contribution in [3.8, 4) is 11.5 Å². The molecule has 22 heavy (non-hydrogen) atoms. The lowest BCUT2D eigenvalue weighted by Crippen LogP contribution is -2.20. The van der Waals surface area contributed by atoms with Crippen LogP contribution in [0, 0.1) is 0 Å². The fourth-order valence-corrected chi connectivity index (χ4v) is 2.22. The standard InChI is InChI=1S/C18H19ClO3/c1-18(2,3)13-8-4-6-10-15(13)22-17(20)12-21-16-11-7-5-9-14(16)19/h4-11H,12H2,1-3H3. The Labute approximate surface area is 135 Å². The molecular weight excluding hydrogens is 300 g/mol. The lowest BCUT2D eigenvalue weighted by Gasteiger charge is -2.22. The molecule has 0 aliphatic heterocycles. The van der Waals surface area contributed by atoms with Crippen LogP contribution in [0.3, 0.4) is 0 Å². The number of hydrogen-bond donors (Lipinski definition) is 0. The van der Waals surface area contributed by atoms with Crippen LogP contribution in [0.5, 0.6) is 11.5 Å². The lowest BCUT2D eigenvalue weighted by molar-refractivity contribution is -0.136. The van der Waals surface area contributed by atoms with E-state index >= 15 is 0 Å². The third-order valence-electron chi connectivity index (χ3n) is 3.10. The third kappa shape index (κ3) is 4.25. The van der Waals surface area contributed by atoms with Gasteiger partial charge in [-0.25, -0.2) is 4.79 Å². The van der Waals surface area contributed by atoms with E-state index in [0.29, 0.717) is 16.5 Å². The van der Waals surface area contributed by atoms with Crippen molar-refractivity contribution in [3.63, 3.8) is 0 Å². The SMILES string of the molecule is CC(C)(C)c1ccccc1OC(=O)COc1ccccc1Cl. The van der Waals surface area contributed by atoms with Crippen molar-refractivity contribution in [3.05, 3.63) is 59.1 Å². The smallest absolute Gasteiger partial charge is 0.349 e. The van der Waals surface area contributed by atoms with Gasteiger partial charge in [0.2, 0.25) is 0 Å². The maximum absolute atomic E-state index is 12.0. The largest absolute Gasteiger partial charge is 0.480 e. The van der Waals surface area contributed by atoms with E-state index in [4.69, 9.17) is 21.1 Å². The Kier molecular flexibility index (Phi) is 5.09. The van der Waals surface area contributed by atoms with Gasteiger partial charge in [-0.1, -0.05) is 62.7 Å². The number of benzene rings is 2. The summed E-state index contributed by atoms with van der Waals surface area (Å²) in [6.07, 6.45) is 0. The van der Waals surface area contributed by atoms with Gasteiger partial charge in [-0.2, -0.15) is 0 Å². The van der Waals surface area contributed by atoms with Gasteiger partial charge in [0.1, 0.15) is 11.5 Å². The molecule has 4 heteroatoms. The maximum Gasteiger partial charge on any atom is 0.349 e. The number of carbonyl (C=O) groups is 1. The van der Waals surface area contributed by atoms with Gasteiger partial charge in [0, 0.05) is 5.56 Å². The molecule has 0 heterocycles. The summed E-state index contributed by atoms with van der Waals surface area (Å²) >= 11 is 5.98. The van der Waals surface area contributed by atoms with Crippen molar-refractivity contribution in [2.24, 2.45) is 0 Å². The van der Waals surface area contributed by atoms with Gasteiger partial charge >= 0.3 is 5.97 Å². The highest BCUT2D eigenvalue weighted by Crippen LogP contribution is 2.31. The fraction of sp³-hybridized carbons (Fsp3) is 0.278. The molecule has 0 unspecified atom stereocenters. The number of para-hydroxylation sites is 2. The van der Waals surface area contributed by atoms with E-state index in [0.717, 1.165) is 5.56 Å². The molecule has 0 N–H and O–H groups in total. The summed E-state index contributed by atoms with van der Waals surface area (Å²) < 4.78 is 10.8. The van der Waals surface area contributed by atoms with Gasteiger partial charge in [0.05, 0.1) is 5.02 Å². The van der Waals surface area contributed by atoms with Crippen molar-refractivity contribution in [1.82, 2.24) is 0 Å². The third-order valence-corrected chi connectivity index (χ3v) is 3.41. The van der Waals surface area contributed by atoms with Crippen molar-refractivity contribution in [1.29, 1.82) is 0 Å². The number of hydrogen-bond acceptors (Lipinski definition) is 3. The first-order valence-electron chi connectivity index (χ1n) is 7.05. The summed E-state index contributed by atoms with van der Waals surface area (Å²) in [6.45, 7) is 6.02. The van der Waals surface area contributed by atoms with Gasteiger partial charge in [0.25, 0.3) is 0 Å². The average molecular weight is 319 g/mol. The predicted octanol–water partition coefficient (Wildman–Crippen LogP) is 4.62. The number of ether oxygens (including phenoxy) is 2. The lowest BCUT2D eigenvalue weighted by atomic mass is 9.86. The van der Waals surface area contributed by atoms with Crippen molar-refractivity contribution >= 4 is 17.6 Å². The van der Waals surface area contributed by atoms with Crippen molar-refractivity contribution in [2.45, 2.75) is 26.2 Å². The molecule has 3 nitrogen and oxygen atoms in total. The molecule has 0 aliphatic rings. The number of halogens is 1. The van der Waals surface area contributed by atoms with Crippen molar-refractivity contribution in [2.75, 3.05) is 6.61 Å². The molecule has 0 saturated carbocycles. The summed E-state index contributed by atoms with van der Waals surface area (Å²) in [7, 11) is 0. The molecule has 0 spiro atoms. The van der Waals surface area contributed by atoms with Gasteiger partial charge in [-0.05, 0) is 23.6 Å². The summed E-state index contributed by atoms with van der Waals surface area (Å²) in [5.74, 6) is 0.560. The molecule has 2 rings (SSSR count). The topological polar surface area (TPSA) is 35.5 Å². The Morgan fingerprint density at radius 3 is 2.23 bits per heavy atom. The highest BCUT2D eigenvalue weighted by atomic mass is 35.5. The van der Waals surface area contributed by atoms with E-state index in [1.807, 2.05) is 18.2 Å². The van der Waals surface area contributed by atoms with Gasteiger partial charge in [-0.15, -0.1) is 0 Å². The second kappa shape index (κ2) is 6.84. The highest BCUT2D eigenvalue weighted by Gasteiger charge is 2.20. The zero-order valence-corrected chi connectivity index (χ0v) is 13.7. The van der Waals surface area contributed by atoms with Crippen LogP contribution < -0.4 is 9.47 Å². The van der Waals surface area contributed by atoms with E-state index in [1.165, 1.54) is 0 Å². The van der Waals surface area contributed by atoms with Gasteiger partial charge in [-0.3, -0.25) is 0 Å². The summed E-state index contributed by atoms with van der Waals surface area (Å²) in [6, 6.07) is 14.5. The van der Waals surface area contributed by atoms with Crippen LogP contribution in [0.1, 0.15) is 26.3 Å². The molecule has 2 aromatic rings. The van der Waals surface area contributed by atoms with E-state index in [-0.39, 0.29) is 12.0 Å². The average Bonchev–Trinajstić information content (AvgIpc) is 2.46. The number of carbonyl (C=O) groups excluding carboxylic acids is 1. The van der Waals surface area contributed by atoms with E-state index in [2.05, 4.69) is 20.8 Å². The summed E-state index contributed by atoms with van der Waals surface area (Å²) in [4.78, 5) is 12.0. The van der Waals surface area contributed by atoms with Crippen LogP contribution in [0.15, 0.2) is 48.5 Å². The Morgan fingerprint density at radius 2 is 1.59 bits per heavy atom. The van der Waals surface area contributed by atoms with Crippen LogP contribution >= 0.6 is 11.6 Å². The minimum absolute atomic E-state index is 0.111. The molecule has 116 valence electrons. The maximum atomic E-state index is 12.0. The van der Waals surface area contributed by atoms with E-state index < -0.39 is 5.97 Å². The Hall–Kier alpha value is -2.00. The molecule has 0 saturated heterocycles. The minimum Gasteiger partial charge on any atom is -0.480 e.